The summed E-state index contributed by atoms with van der Waals surface area (Å²) in [6.07, 6.45) is 6.77. The average Bonchev–Trinajstić information content (AvgIpc) is 3.26. The lowest BCUT2D eigenvalue weighted by molar-refractivity contribution is 0.181. The number of aryl methyl sites for hydroxylation is 2. The molecule has 0 N–H and O–H groups in total. The fourth-order valence-electron chi connectivity index (χ4n) is 4.14. The fraction of sp³-hybridized carbons (Fsp3) is 0.667. The molecule has 1 fully saturated rings. The van der Waals surface area contributed by atoms with Crippen molar-refractivity contribution >= 4 is 0 Å². The Hall–Kier alpha value is -1.66. The van der Waals surface area contributed by atoms with E-state index in [0.29, 0.717) is 5.92 Å². The Labute approximate surface area is 143 Å². The molecule has 0 radical (unpaired) electrons. The van der Waals surface area contributed by atoms with E-state index in [0.717, 1.165) is 37.6 Å². The van der Waals surface area contributed by atoms with Gasteiger partial charge in [-0.3, -0.25) is 4.90 Å². The molecular weight excluding hydrogens is 302 g/mol. The van der Waals surface area contributed by atoms with Crippen LogP contribution in [0.15, 0.2) is 16.9 Å². The van der Waals surface area contributed by atoms with Crippen molar-refractivity contribution in [2.24, 2.45) is 5.92 Å². The summed E-state index contributed by atoms with van der Waals surface area (Å²) in [4.78, 5) is 9.71. The highest BCUT2D eigenvalue weighted by molar-refractivity contribution is 5.20. The molecule has 0 unspecified atom stereocenters. The van der Waals surface area contributed by atoms with Crippen LogP contribution in [0.1, 0.15) is 35.7 Å². The molecule has 130 valence electrons. The van der Waals surface area contributed by atoms with Crippen molar-refractivity contribution in [1.82, 2.24) is 24.5 Å². The van der Waals surface area contributed by atoms with Crippen molar-refractivity contribution in [2.45, 2.75) is 46.3 Å². The molecule has 0 aromatic carbocycles. The quantitative estimate of drug-likeness (QED) is 0.861. The van der Waals surface area contributed by atoms with Crippen LogP contribution in [0.25, 0.3) is 0 Å². The summed E-state index contributed by atoms with van der Waals surface area (Å²) in [5.41, 5.74) is 2.24. The predicted molar refractivity (Wildman–Crippen MR) is 91.5 cm³/mol. The van der Waals surface area contributed by atoms with Crippen LogP contribution in [0.4, 0.5) is 0 Å². The third kappa shape index (κ3) is 3.26. The molecular formula is C18H27N5O. The number of nitrogens with zero attached hydrogens (tertiary/aromatic N) is 5. The van der Waals surface area contributed by atoms with Crippen molar-refractivity contribution < 1.29 is 4.52 Å². The highest BCUT2D eigenvalue weighted by atomic mass is 16.5. The van der Waals surface area contributed by atoms with Crippen LogP contribution < -0.4 is 0 Å². The van der Waals surface area contributed by atoms with Gasteiger partial charge < -0.3 is 14.0 Å². The molecule has 0 spiro atoms. The van der Waals surface area contributed by atoms with Gasteiger partial charge in [0.25, 0.3) is 0 Å². The van der Waals surface area contributed by atoms with E-state index in [1.807, 2.05) is 20.0 Å². The van der Waals surface area contributed by atoms with Crippen LogP contribution in [0, 0.1) is 19.8 Å². The summed E-state index contributed by atoms with van der Waals surface area (Å²) in [7, 11) is 0. The standard InChI is InChI=1S/C18H27N5O/c1-14-17(15(2)24-20-14)12-22-10-16(9-21-6-3-4-7-21)11-23-8-5-19-18(23)13-22/h5,8,16H,3-4,6-7,9-13H2,1-2H3/t16-/m1/s1. The summed E-state index contributed by atoms with van der Waals surface area (Å²) in [6.45, 7) is 11.7. The molecule has 6 nitrogen and oxygen atoms in total. The van der Waals surface area contributed by atoms with E-state index in [1.54, 1.807) is 0 Å². The molecule has 6 heteroatoms. The zero-order chi connectivity index (χ0) is 16.5. The maximum Gasteiger partial charge on any atom is 0.138 e. The first-order chi connectivity index (χ1) is 11.7. The zero-order valence-corrected chi connectivity index (χ0v) is 14.7. The SMILES string of the molecule is Cc1noc(C)c1CN1Cc2nccn2C[C@H](CN2CCCC2)C1. The molecule has 4 heterocycles. The molecule has 0 saturated carbocycles. The van der Waals surface area contributed by atoms with Crippen molar-refractivity contribution in [3.8, 4) is 0 Å². The first-order valence-corrected chi connectivity index (χ1v) is 9.05. The van der Waals surface area contributed by atoms with Crippen LogP contribution in [0.2, 0.25) is 0 Å². The number of hydrogen-bond donors (Lipinski definition) is 0. The second kappa shape index (κ2) is 6.69. The maximum absolute atomic E-state index is 5.35. The number of aromatic nitrogens is 3. The number of rotatable bonds is 4. The minimum atomic E-state index is 0.638. The molecule has 0 amide bonds. The van der Waals surface area contributed by atoms with E-state index in [1.165, 1.54) is 43.9 Å². The van der Waals surface area contributed by atoms with Crippen molar-refractivity contribution in [1.29, 1.82) is 0 Å². The van der Waals surface area contributed by atoms with E-state index in [4.69, 9.17) is 4.52 Å². The molecule has 1 atom stereocenters. The second-order valence-electron chi connectivity index (χ2n) is 7.34. The Balaban J connectivity index is 1.52. The summed E-state index contributed by atoms with van der Waals surface area (Å²) < 4.78 is 7.69. The van der Waals surface area contributed by atoms with Gasteiger partial charge in [0.05, 0.1) is 12.2 Å². The monoisotopic (exact) mass is 329 g/mol. The number of imidazole rings is 1. The Bertz CT molecular complexity index is 666. The maximum atomic E-state index is 5.35. The topological polar surface area (TPSA) is 50.3 Å². The van der Waals surface area contributed by atoms with E-state index in [2.05, 4.69) is 30.7 Å². The Morgan fingerprint density at radius 3 is 2.75 bits per heavy atom. The van der Waals surface area contributed by atoms with Gasteiger partial charge in [0.15, 0.2) is 0 Å². The van der Waals surface area contributed by atoms with Crippen LogP contribution in [0.5, 0.6) is 0 Å². The normalized spacial score (nSPS) is 22.7. The number of hydrogen-bond acceptors (Lipinski definition) is 5. The van der Waals surface area contributed by atoms with Gasteiger partial charge in [-0.05, 0) is 39.8 Å². The molecule has 4 rings (SSSR count). The van der Waals surface area contributed by atoms with E-state index >= 15 is 0 Å². The molecule has 0 bridgehead atoms. The van der Waals surface area contributed by atoms with Crippen LogP contribution in [0.3, 0.4) is 0 Å². The Morgan fingerprint density at radius 1 is 1.17 bits per heavy atom. The second-order valence-corrected chi connectivity index (χ2v) is 7.34. The van der Waals surface area contributed by atoms with Gasteiger partial charge in [0, 0.05) is 50.1 Å². The lowest BCUT2D eigenvalue weighted by Gasteiger charge is -2.27. The Kier molecular flexibility index (Phi) is 4.41. The summed E-state index contributed by atoms with van der Waals surface area (Å²) >= 11 is 0. The minimum absolute atomic E-state index is 0.638. The first kappa shape index (κ1) is 15.8. The molecule has 2 aromatic rings. The van der Waals surface area contributed by atoms with Gasteiger partial charge in [0.2, 0.25) is 0 Å². The highest BCUT2D eigenvalue weighted by Gasteiger charge is 2.26. The van der Waals surface area contributed by atoms with Gasteiger partial charge in [-0.15, -0.1) is 0 Å². The van der Waals surface area contributed by atoms with Gasteiger partial charge in [-0.25, -0.2) is 4.98 Å². The summed E-state index contributed by atoms with van der Waals surface area (Å²) in [5, 5.41) is 4.11. The van der Waals surface area contributed by atoms with Crippen LogP contribution in [-0.2, 0) is 19.6 Å². The number of fused-ring (bicyclic) bond motifs is 1. The highest BCUT2D eigenvalue weighted by Crippen LogP contribution is 2.22. The summed E-state index contributed by atoms with van der Waals surface area (Å²) in [6, 6.07) is 0. The molecule has 2 aliphatic heterocycles. The van der Waals surface area contributed by atoms with Crippen LogP contribution in [-0.4, -0.2) is 50.7 Å². The number of likely N-dealkylation sites (tertiary alicyclic amines) is 1. The van der Waals surface area contributed by atoms with E-state index < -0.39 is 0 Å². The predicted octanol–water partition coefficient (Wildman–Crippen LogP) is 2.22. The van der Waals surface area contributed by atoms with Crippen LogP contribution >= 0.6 is 0 Å². The third-order valence-corrected chi connectivity index (χ3v) is 5.42. The fourth-order valence-corrected chi connectivity index (χ4v) is 4.14. The molecule has 2 aromatic heterocycles. The lowest BCUT2D eigenvalue weighted by Crippen LogP contribution is -2.35. The molecule has 0 aliphatic carbocycles. The van der Waals surface area contributed by atoms with Gasteiger partial charge >= 0.3 is 0 Å². The van der Waals surface area contributed by atoms with E-state index in [-0.39, 0.29) is 0 Å². The minimum Gasteiger partial charge on any atom is -0.361 e. The van der Waals surface area contributed by atoms with E-state index in [9.17, 15) is 0 Å². The molecule has 2 aliphatic rings. The summed E-state index contributed by atoms with van der Waals surface area (Å²) in [5.74, 6) is 2.75. The zero-order valence-electron chi connectivity index (χ0n) is 14.7. The van der Waals surface area contributed by atoms with Crippen molar-refractivity contribution in [2.75, 3.05) is 26.2 Å². The van der Waals surface area contributed by atoms with Crippen molar-refractivity contribution in [3.05, 3.63) is 35.2 Å². The first-order valence-electron chi connectivity index (χ1n) is 9.05. The van der Waals surface area contributed by atoms with Gasteiger partial charge in [0.1, 0.15) is 11.6 Å². The van der Waals surface area contributed by atoms with Gasteiger partial charge in [-0.2, -0.15) is 0 Å². The smallest absolute Gasteiger partial charge is 0.138 e. The van der Waals surface area contributed by atoms with Crippen molar-refractivity contribution in [3.63, 3.8) is 0 Å². The average molecular weight is 329 g/mol. The molecule has 24 heavy (non-hydrogen) atoms. The molecule has 1 saturated heterocycles. The Morgan fingerprint density at radius 2 is 2.00 bits per heavy atom. The lowest BCUT2D eigenvalue weighted by atomic mass is 10.1. The van der Waals surface area contributed by atoms with Gasteiger partial charge in [-0.1, -0.05) is 5.16 Å². The third-order valence-electron chi connectivity index (χ3n) is 5.42. The largest absolute Gasteiger partial charge is 0.361 e.